The van der Waals surface area contributed by atoms with Crippen molar-refractivity contribution in [2.75, 3.05) is 43.0 Å². The molecule has 0 aromatic heterocycles. The van der Waals surface area contributed by atoms with E-state index in [-0.39, 0.29) is 11.6 Å². The van der Waals surface area contributed by atoms with Gasteiger partial charge in [0.25, 0.3) is 11.6 Å². The predicted molar refractivity (Wildman–Crippen MR) is 126 cm³/mol. The highest BCUT2D eigenvalue weighted by molar-refractivity contribution is 6.07. The Morgan fingerprint density at radius 3 is 2.19 bits per heavy atom. The molecular weight excluding hydrogens is 404 g/mol. The molecule has 4 rings (SSSR count). The van der Waals surface area contributed by atoms with Crippen molar-refractivity contribution in [2.45, 2.75) is 6.54 Å². The average molecular weight is 431 g/mol. The van der Waals surface area contributed by atoms with Gasteiger partial charge in [-0.3, -0.25) is 19.8 Å². The minimum Gasteiger partial charge on any atom is -0.367 e. The van der Waals surface area contributed by atoms with E-state index in [0.717, 1.165) is 44.1 Å². The number of para-hydroxylation sites is 2. The third-order valence-electron chi connectivity index (χ3n) is 5.83. The van der Waals surface area contributed by atoms with Crippen molar-refractivity contribution >= 4 is 23.0 Å². The monoisotopic (exact) mass is 430 g/mol. The largest absolute Gasteiger partial charge is 0.367 e. The molecule has 1 aliphatic rings. The first-order valence-corrected chi connectivity index (χ1v) is 10.7. The molecule has 0 aliphatic carbocycles. The van der Waals surface area contributed by atoms with Crippen LogP contribution in [-0.4, -0.2) is 49.0 Å². The highest BCUT2D eigenvalue weighted by atomic mass is 16.6. The van der Waals surface area contributed by atoms with Crippen LogP contribution < -0.4 is 9.80 Å². The summed E-state index contributed by atoms with van der Waals surface area (Å²) in [6.07, 6.45) is 0. The second-order valence-electron chi connectivity index (χ2n) is 7.91. The second-order valence-corrected chi connectivity index (χ2v) is 7.91. The molecule has 1 heterocycles. The quantitative estimate of drug-likeness (QED) is 0.433. The number of nitrogens with zero attached hydrogens (tertiary/aromatic N) is 4. The number of piperazine rings is 1. The molecule has 1 amide bonds. The van der Waals surface area contributed by atoms with Gasteiger partial charge in [-0.2, -0.15) is 0 Å². The van der Waals surface area contributed by atoms with Crippen LogP contribution in [0, 0.1) is 10.1 Å². The first kappa shape index (κ1) is 21.5. The Hall–Kier alpha value is -3.71. The fourth-order valence-corrected chi connectivity index (χ4v) is 4.03. The number of anilines is 2. The Labute approximate surface area is 187 Å². The second kappa shape index (κ2) is 9.62. The molecule has 0 bridgehead atoms. The van der Waals surface area contributed by atoms with Crippen molar-refractivity contribution in [2.24, 2.45) is 0 Å². The van der Waals surface area contributed by atoms with Gasteiger partial charge >= 0.3 is 0 Å². The van der Waals surface area contributed by atoms with E-state index in [9.17, 15) is 14.9 Å². The Morgan fingerprint density at radius 2 is 1.53 bits per heavy atom. The third kappa shape index (κ3) is 4.78. The van der Waals surface area contributed by atoms with Gasteiger partial charge in [0.05, 0.1) is 16.3 Å². The molecule has 7 heteroatoms. The zero-order chi connectivity index (χ0) is 22.5. The van der Waals surface area contributed by atoms with E-state index in [2.05, 4.69) is 34.1 Å². The Balaban J connectivity index is 1.45. The predicted octanol–water partition coefficient (Wildman–Crippen LogP) is 4.19. The number of nitro groups is 1. The molecular formula is C25H26N4O3. The number of hydrogen-bond donors (Lipinski definition) is 0. The van der Waals surface area contributed by atoms with Gasteiger partial charge in [0.15, 0.2) is 0 Å². The summed E-state index contributed by atoms with van der Waals surface area (Å²) in [6.45, 7) is 4.59. The molecule has 3 aromatic rings. The average Bonchev–Trinajstić information content (AvgIpc) is 2.84. The van der Waals surface area contributed by atoms with E-state index in [1.807, 2.05) is 30.3 Å². The Morgan fingerprint density at radius 1 is 0.906 bits per heavy atom. The van der Waals surface area contributed by atoms with Crippen LogP contribution in [0.15, 0.2) is 78.9 Å². The number of rotatable bonds is 6. The molecule has 7 nitrogen and oxygen atoms in total. The van der Waals surface area contributed by atoms with Crippen molar-refractivity contribution in [3.05, 3.63) is 100 Å². The minimum atomic E-state index is -0.468. The zero-order valence-electron chi connectivity index (χ0n) is 18.1. The van der Waals surface area contributed by atoms with Crippen molar-refractivity contribution < 1.29 is 9.72 Å². The normalized spacial score (nSPS) is 14.2. The van der Waals surface area contributed by atoms with Crippen LogP contribution in [0.5, 0.6) is 0 Å². The molecule has 0 N–H and O–H groups in total. The minimum absolute atomic E-state index is 0.0297. The molecule has 0 spiro atoms. The highest BCUT2D eigenvalue weighted by Crippen LogP contribution is 2.30. The van der Waals surface area contributed by atoms with E-state index in [0.29, 0.717) is 5.56 Å². The first-order chi connectivity index (χ1) is 15.5. The summed E-state index contributed by atoms with van der Waals surface area (Å²) in [5, 5.41) is 10.9. The van der Waals surface area contributed by atoms with Crippen molar-refractivity contribution in [3.8, 4) is 0 Å². The van der Waals surface area contributed by atoms with Crippen LogP contribution in [0.2, 0.25) is 0 Å². The number of carbonyl (C=O) groups is 1. The van der Waals surface area contributed by atoms with Crippen molar-refractivity contribution in [1.29, 1.82) is 0 Å². The van der Waals surface area contributed by atoms with Gasteiger partial charge in [-0.1, -0.05) is 42.5 Å². The molecule has 1 saturated heterocycles. The SMILES string of the molecule is CN(C(=O)c1ccc([N+](=O)[O-])cc1)c1ccccc1N1CCN(Cc2ccccc2)CC1. The van der Waals surface area contributed by atoms with E-state index < -0.39 is 4.92 Å². The summed E-state index contributed by atoms with van der Waals surface area (Å²) in [4.78, 5) is 29.8. The molecule has 3 aromatic carbocycles. The topological polar surface area (TPSA) is 69.9 Å². The highest BCUT2D eigenvalue weighted by Gasteiger charge is 2.23. The number of carbonyl (C=O) groups excluding carboxylic acids is 1. The molecule has 164 valence electrons. The first-order valence-electron chi connectivity index (χ1n) is 10.7. The van der Waals surface area contributed by atoms with Crippen molar-refractivity contribution in [3.63, 3.8) is 0 Å². The number of hydrogen-bond acceptors (Lipinski definition) is 5. The summed E-state index contributed by atoms with van der Waals surface area (Å²) < 4.78 is 0. The maximum Gasteiger partial charge on any atom is 0.269 e. The van der Waals surface area contributed by atoms with Gasteiger partial charge in [-0.05, 0) is 29.8 Å². The molecule has 0 radical (unpaired) electrons. The Kier molecular flexibility index (Phi) is 6.47. The fraction of sp³-hybridized carbons (Fsp3) is 0.240. The number of amides is 1. The maximum absolute atomic E-state index is 13.0. The van der Waals surface area contributed by atoms with Crippen LogP contribution in [0.3, 0.4) is 0 Å². The lowest BCUT2D eigenvalue weighted by atomic mass is 10.1. The van der Waals surface area contributed by atoms with Gasteiger partial charge in [-0.15, -0.1) is 0 Å². The van der Waals surface area contributed by atoms with Gasteiger partial charge in [0.1, 0.15) is 0 Å². The van der Waals surface area contributed by atoms with Crippen molar-refractivity contribution in [1.82, 2.24) is 4.90 Å². The molecule has 1 aliphatic heterocycles. The number of non-ortho nitro benzene ring substituents is 1. The molecule has 0 unspecified atom stereocenters. The summed E-state index contributed by atoms with van der Waals surface area (Å²) in [5.41, 5.74) is 3.55. The summed E-state index contributed by atoms with van der Waals surface area (Å²) in [5.74, 6) is -0.199. The zero-order valence-corrected chi connectivity index (χ0v) is 18.1. The standard InChI is InChI=1S/C25H26N4O3/c1-26(25(30)21-11-13-22(14-12-21)29(31)32)23-9-5-6-10-24(23)28-17-15-27(16-18-28)19-20-7-3-2-4-8-20/h2-14H,15-19H2,1H3. The summed E-state index contributed by atoms with van der Waals surface area (Å²) >= 11 is 0. The van der Waals surface area contributed by atoms with E-state index >= 15 is 0 Å². The summed E-state index contributed by atoms with van der Waals surface area (Å²) in [6, 6.07) is 24.1. The fourth-order valence-electron chi connectivity index (χ4n) is 4.03. The molecule has 1 fully saturated rings. The smallest absolute Gasteiger partial charge is 0.269 e. The third-order valence-corrected chi connectivity index (χ3v) is 5.83. The van der Waals surface area contributed by atoms with Gasteiger partial charge in [0, 0.05) is 57.5 Å². The number of nitro benzene ring substituents is 1. The summed E-state index contributed by atoms with van der Waals surface area (Å²) in [7, 11) is 1.74. The molecule has 0 saturated carbocycles. The van der Waals surface area contributed by atoms with Crippen LogP contribution in [0.4, 0.5) is 17.1 Å². The lowest BCUT2D eigenvalue weighted by Gasteiger charge is -2.37. The van der Waals surface area contributed by atoms with E-state index in [1.165, 1.54) is 29.8 Å². The lowest BCUT2D eigenvalue weighted by molar-refractivity contribution is -0.384. The van der Waals surface area contributed by atoms with Crippen LogP contribution in [0.1, 0.15) is 15.9 Å². The van der Waals surface area contributed by atoms with E-state index in [1.54, 1.807) is 11.9 Å². The van der Waals surface area contributed by atoms with Gasteiger partial charge in [0.2, 0.25) is 0 Å². The van der Waals surface area contributed by atoms with Gasteiger partial charge in [-0.25, -0.2) is 0 Å². The van der Waals surface area contributed by atoms with Gasteiger partial charge < -0.3 is 9.80 Å². The maximum atomic E-state index is 13.0. The van der Waals surface area contributed by atoms with E-state index in [4.69, 9.17) is 0 Å². The van der Waals surface area contributed by atoms with Crippen LogP contribution in [0.25, 0.3) is 0 Å². The lowest BCUT2D eigenvalue weighted by Crippen LogP contribution is -2.46. The molecule has 0 atom stereocenters. The molecule has 32 heavy (non-hydrogen) atoms. The van der Waals surface area contributed by atoms with Crippen LogP contribution in [-0.2, 0) is 6.54 Å². The number of benzene rings is 3. The Bertz CT molecular complexity index is 1080. The van der Waals surface area contributed by atoms with Crippen LogP contribution >= 0.6 is 0 Å².